The maximum Gasteiger partial charge on any atom is 0.271 e. The predicted molar refractivity (Wildman–Crippen MR) is 106 cm³/mol. The highest BCUT2D eigenvalue weighted by Gasteiger charge is 2.39. The van der Waals surface area contributed by atoms with E-state index in [0.717, 1.165) is 25.0 Å². The van der Waals surface area contributed by atoms with Crippen molar-refractivity contribution in [2.24, 2.45) is 0 Å². The van der Waals surface area contributed by atoms with Crippen LogP contribution < -0.4 is 5.32 Å². The Labute approximate surface area is 168 Å². The summed E-state index contributed by atoms with van der Waals surface area (Å²) in [5.41, 5.74) is 2.66. The molecule has 0 atom stereocenters. The topological polar surface area (TPSA) is 50.2 Å². The first kappa shape index (κ1) is 19.3. The molecule has 2 aromatic carbocycles. The number of rotatable bonds is 5. The number of likely N-dealkylation sites (N-methyl/N-ethyl adjacent to an activating group) is 1. The van der Waals surface area contributed by atoms with Crippen LogP contribution in [-0.4, -0.2) is 46.8 Å². The van der Waals surface area contributed by atoms with Gasteiger partial charge in [0.25, 0.3) is 5.91 Å². The van der Waals surface area contributed by atoms with Gasteiger partial charge in [0, 0.05) is 24.3 Å². The molecule has 1 amide bonds. The highest BCUT2D eigenvalue weighted by Crippen LogP contribution is 2.33. The zero-order valence-electron chi connectivity index (χ0n) is 16.3. The molecule has 5 nitrogen and oxygen atoms in total. The standard InChI is InChI=1S/C22H22F2N4O/c1-27(2)22(12-15-5-3-4-6-16(15)13-22)14-25-21(29)19-9-10-28(26-19)20-8-7-17(23)11-18(20)24/h3-11H,12-14H2,1-2H3,(H,25,29). The van der Waals surface area contributed by atoms with Crippen molar-refractivity contribution in [3.8, 4) is 5.69 Å². The minimum atomic E-state index is -0.740. The van der Waals surface area contributed by atoms with Gasteiger partial charge in [-0.15, -0.1) is 0 Å². The van der Waals surface area contributed by atoms with Crippen molar-refractivity contribution in [3.63, 3.8) is 0 Å². The normalized spacial score (nSPS) is 14.8. The number of halogens is 2. The van der Waals surface area contributed by atoms with Crippen LogP contribution in [0.15, 0.2) is 54.7 Å². The molecule has 1 N–H and O–H groups in total. The van der Waals surface area contributed by atoms with Crippen molar-refractivity contribution in [2.45, 2.75) is 18.4 Å². The van der Waals surface area contributed by atoms with Gasteiger partial charge in [0.05, 0.1) is 0 Å². The predicted octanol–water partition coefficient (Wildman–Crippen LogP) is 2.98. The van der Waals surface area contributed by atoms with Crippen molar-refractivity contribution in [2.75, 3.05) is 20.6 Å². The first-order valence-electron chi connectivity index (χ1n) is 9.41. The number of benzene rings is 2. The summed E-state index contributed by atoms with van der Waals surface area (Å²) in [6.45, 7) is 0.464. The van der Waals surface area contributed by atoms with Gasteiger partial charge >= 0.3 is 0 Å². The number of aromatic nitrogens is 2. The van der Waals surface area contributed by atoms with E-state index in [4.69, 9.17) is 0 Å². The number of nitrogens with one attached hydrogen (secondary N) is 1. The molecule has 0 saturated carbocycles. The van der Waals surface area contributed by atoms with E-state index < -0.39 is 11.6 Å². The summed E-state index contributed by atoms with van der Waals surface area (Å²) in [5, 5.41) is 7.13. The SMILES string of the molecule is CN(C)C1(CNC(=O)c2ccn(-c3ccc(F)cc3F)n2)Cc2ccccc2C1. The van der Waals surface area contributed by atoms with Gasteiger partial charge < -0.3 is 10.2 Å². The van der Waals surface area contributed by atoms with Gasteiger partial charge in [0.1, 0.15) is 11.5 Å². The third kappa shape index (κ3) is 3.65. The van der Waals surface area contributed by atoms with Crippen LogP contribution in [0.1, 0.15) is 21.6 Å². The van der Waals surface area contributed by atoms with Crippen LogP contribution in [0.4, 0.5) is 8.78 Å². The lowest BCUT2D eigenvalue weighted by atomic mass is 9.94. The number of hydrogen-bond acceptors (Lipinski definition) is 3. The highest BCUT2D eigenvalue weighted by molar-refractivity contribution is 5.92. The third-order valence-corrected chi connectivity index (χ3v) is 5.66. The van der Waals surface area contributed by atoms with Gasteiger partial charge in [-0.1, -0.05) is 24.3 Å². The van der Waals surface area contributed by atoms with E-state index in [9.17, 15) is 13.6 Å². The molecule has 0 spiro atoms. The number of amides is 1. The number of nitrogens with zero attached hydrogens (tertiary/aromatic N) is 3. The lowest BCUT2D eigenvalue weighted by Crippen LogP contribution is -2.53. The molecule has 0 bridgehead atoms. The molecular formula is C22H22F2N4O. The van der Waals surface area contributed by atoms with Gasteiger partial charge in [-0.3, -0.25) is 4.79 Å². The molecule has 1 heterocycles. The fourth-order valence-corrected chi connectivity index (χ4v) is 3.85. The number of carbonyl (C=O) groups is 1. The lowest BCUT2D eigenvalue weighted by Gasteiger charge is -2.36. The molecule has 29 heavy (non-hydrogen) atoms. The van der Waals surface area contributed by atoms with Gasteiger partial charge in [0.15, 0.2) is 11.5 Å². The second kappa shape index (κ2) is 7.40. The second-order valence-corrected chi connectivity index (χ2v) is 7.66. The van der Waals surface area contributed by atoms with Crippen LogP contribution in [0.5, 0.6) is 0 Å². The quantitative estimate of drug-likeness (QED) is 0.721. The summed E-state index contributed by atoms with van der Waals surface area (Å²) in [6, 6.07) is 13.1. The summed E-state index contributed by atoms with van der Waals surface area (Å²) in [7, 11) is 4.04. The minimum Gasteiger partial charge on any atom is -0.349 e. The molecule has 0 aliphatic heterocycles. The van der Waals surface area contributed by atoms with Crippen molar-refractivity contribution >= 4 is 5.91 Å². The molecule has 4 rings (SSSR count). The molecule has 0 fully saturated rings. The van der Waals surface area contributed by atoms with E-state index in [1.54, 1.807) is 0 Å². The molecule has 0 unspecified atom stereocenters. The summed E-state index contributed by atoms with van der Waals surface area (Å²) in [5.74, 6) is -1.73. The largest absolute Gasteiger partial charge is 0.349 e. The van der Waals surface area contributed by atoms with Gasteiger partial charge in [-0.2, -0.15) is 5.10 Å². The molecule has 1 aliphatic carbocycles. The Morgan fingerprint density at radius 3 is 2.45 bits per heavy atom. The fourth-order valence-electron chi connectivity index (χ4n) is 3.85. The monoisotopic (exact) mass is 396 g/mol. The fraction of sp³-hybridized carbons (Fsp3) is 0.273. The van der Waals surface area contributed by atoms with Crippen molar-refractivity contribution in [3.05, 3.63) is 83.2 Å². The molecular weight excluding hydrogens is 374 g/mol. The maximum absolute atomic E-state index is 14.0. The zero-order valence-corrected chi connectivity index (χ0v) is 16.3. The summed E-state index contributed by atoms with van der Waals surface area (Å²) >= 11 is 0. The first-order chi connectivity index (χ1) is 13.9. The molecule has 150 valence electrons. The zero-order chi connectivity index (χ0) is 20.6. The van der Waals surface area contributed by atoms with Crippen molar-refractivity contribution in [1.29, 1.82) is 0 Å². The van der Waals surface area contributed by atoms with E-state index in [0.29, 0.717) is 6.54 Å². The summed E-state index contributed by atoms with van der Waals surface area (Å²) in [6.07, 6.45) is 3.19. The number of fused-ring (bicyclic) bond motifs is 1. The van der Waals surface area contributed by atoms with E-state index >= 15 is 0 Å². The molecule has 7 heteroatoms. The molecule has 0 saturated heterocycles. The first-order valence-corrected chi connectivity index (χ1v) is 9.41. The third-order valence-electron chi connectivity index (χ3n) is 5.66. The second-order valence-electron chi connectivity index (χ2n) is 7.66. The Hall–Kier alpha value is -3.06. The van der Waals surface area contributed by atoms with Crippen LogP contribution in [0.3, 0.4) is 0 Å². The Morgan fingerprint density at radius 2 is 1.83 bits per heavy atom. The number of hydrogen-bond donors (Lipinski definition) is 1. The van der Waals surface area contributed by atoms with Crippen LogP contribution in [0.2, 0.25) is 0 Å². The van der Waals surface area contributed by atoms with Crippen molar-refractivity contribution < 1.29 is 13.6 Å². The number of carbonyl (C=O) groups excluding carboxylic acids is 1. The van der Waals surface area contributed by atoms with E-state index in [-0.39, 0.29) is 22.8 Å². The van der Waals surface area contributed by atoms with Crippen LogP contribution in [0.25, 0.3) is 5.69 Å². The minimum absolute atomic E-state index is 0.0847. The van der Waals surface area contributed by atoms with Gasteiger partial charge in [-0.05, 0) is 56.3 Å². The van der Waals surface area contributed by atoms with E-state index in [2.05, 4.69) is 27.4 Å². The summed E-state index contributed by atoms with van der Waals surface area (Å²) < 4.78 is 28.3. The Bertz CT molecular complexity index is 1040. The van der Waals surface area contributed by atoms with E-state index in [1.165, 1.54) is 34.1 Å². The molecule has 0 radical (unpaired) electrons. The smallest absolute Gasteiger partial charge is 0.271 e. The Morgan fingerprint density at radius 1 is 1.14 bits per heavy atom. The Balaban J connectivity index is 1.48. The maximum atomic E-state index is 14.0. The summed E-state index contributed by atoms with van der Waals surface area (Å²) in [4.78, 5) is 14.8. The van der Waals surface area contributed by atoms with Crippen LogP contribution in [-0.2, 0) is 12.8 Å². The highest BCUT2D eigenvalue weighted by atomic mass is 19.1. The lowest BCUT2D eigenvalue weighted by molar-refractivity contribution is 0.0897. The Kier molecular flexibility index (Phi) is 4.92. The van der Waals surface area contributed by atoms with Crippen molar-refractivity contribution in [1.82, 2.24) is 20.0 Å². The average molecular weight is 396 g/mol. The van der Waals surface area contributed by atoms with E-state index in [1.807, 2.05) is 26.2 Å². The van der Waals surface area contributed by atoms with Gasteiger partial charge in [-0.25, -0.2) is 13.5 Å². The molecule has 1 aliphatic rings. The average Bonchev–Trinajstić information content (AvgIpc) is 3.31. The van der Waals surface area contributed by atoms with Crippen LogP contribution in [0, 0.1) is 11.6 Å². The molecule has 1 aromatic heterocycles. The molecule has 3 aromatic rings. The van der Waals surface area contributed by atoms with Gasteiger partial charge in [0.2, 0.25) is 0 Å². The van der Waals surface area contributed by atoms with Crippen LogP contribution >= 0.6 is 0 Å².